The third-order valence-electron chi connectivity index (χ3n) is 4.28. The maximum Gasteiger partial charge on any atom is 0.236 e. The van der Waals surface area contributed by atoms with Crippen LogP contribution in [0.4, 0.5) is 0 Å². The van der Waals surface area contributed by atoms with Gasteiger partial charge < -0.3 is 10.2 Å². The van der Waals surface area contributed by atoms with Gasteiger partial charge >= 0.3 is 0 Å². The van der Waals surface area contributed by atoms with Gasteiger partial charge in [-0.1, -0.05) is 19.8 Å². The molecule has 3 nitrogen and oxygen atoms in total. The zero-order valence-corrected chi connectivity index (χ0v) is 11.2. The summed E-state index contributed by atoms with van der Waals surface area (Å²) in [6.07, 6.45) is 7.64. The molecule has 2 rings (SSSR count). The second-order valence-electron chi connectivity index (χ2n) is 5.66. The lowest BCUT2D eigenvalue weighted by molar-refractivity contribution is -0.130. The summed E-state index contributed by atoms with van der Waals surface area (Å²) in [5.74, 6) is 1.03. The SMILES string of the molecule is CCN(C(=O)CNC1CCCCC1C)C1CC1. The Kier molecular flexibility index (Phi) is 4.43. The minimum atomic E-state index is 0.299. The topological polar surface area (TPSA) is 32.3 Å². The van der Waals surface area contributed by atoms with Gasteiger partial charge in [0.1, 0.15) is 0 Å². The molecule has 0 bridgehead atoms. The molecule has 0 saturated heterocycles. The van der Waals surface area contributed by atoms with Crippen LogP contribution in [0.5, 0.6) is 0 Å². The predicted molar refractivity (Wildman–Crippen MR) is 69.8 cm³/mol. The molecule has 0 aliphatic heterocycles. The van der Waals surface area contributed by atoms with Crippen molar-refractivity contribution in [1.82, 2.24) is 10.2 Å². The van der Waals surface area contributed by atoms with Crippen LogP contribution >= 0.6 is 0 Å². The Bertz CT molecular complexity index is 263. The third kappa shape index (κ3) is 3.44. The highest BCUT2D eigenvalue weighted by Gasteiger charge is 2.31. The number of rotatable bonds is 5. The van der Waals surface area contributed by atoms with Crippen molar-refractivity contribution in [1.29, 1.82) is 0 Å². The van der Waals surface area contributed by atoms with E-state index in [2.05, 4.69) is 19.2 Å². The average molecular weight is 238 g/mol. The number of carbonyl (C=O) groups excluding carboxylic acids is 1. The first-order valence-electron chi connectivity index (χ1n) is 7.25. The Morgan fingerprint density at radius 3 is 2.53 bits per heavy atom. The highest BCUT2D eigenvalue weighted by molar-refractivity contribution is 5.78. The number of nitrogens with zero attached hydrogens (tertiary/aromatic N) is 1. The van der Waals surface area contributed by atoms with Gasteiger partial charge in [-0.3, -0.25) is 4.79 Å². The van der Waals surface area contributed by atoms with Gasteiger partial charge in [-0.2, -0.15) is 0 Å². The monoisotopic (exact) mass is 238 g/mol. The highest BCUT2D eigenvalue weighted by atomic mass is 16.2. The fourth-order valence-electron chi connectivity index (χ4n) is 2.96. The second-order valence-corrected chi connectivity index (χ2v) is 5.66. The number of carbonyl (C=O) groups is 1. The van der Waals surface area contributed by atoms with E-state index in [0.717, 1.165) is 12.5 Å². The van der Waals surface area contributed by atoms with Crippen LogP contribution in [0.15, 0.2) is 0 Å². The van der Waals surface area contributed by atoms with Crippen molar-refractivity contribution in [2.24, 2.45) is 5.92 Å². The molecule has 0 aromatic rings. The molecule has 1 N–H and O–H groups in total. The zero-order valence-electron chi connectivity index (χ0n) is 11.2. The lowest BCUT2D eigenvalue weighted by Crippen LogP contribution is -2.45. The van der Waals surface area contributed by atoms with E-state index in [1.165, 1.54) is 38.5 Å². The number of hydrogen-bond donors (Lipinski definition) is 1. The first-order chi connectivity index (χ1) is 8.22. The molecule has 2 atom stereocenters. The summed E-state index contributed by atoms with van der Waals surface area (Å²) < 4.78 is 0. The Hall–Kier alpha value is -0.570. The number of likely N-dealkylation sites (N-methyl/N-ethyl adjacent to an activating group) is 1. The zero-order chi connectivity index (χ0) is 12.3. The normalized spacial score (nSPS) is 29.1. The minimum absolute atomic E-state index is 0.299. The fourth-order valence-corrected chi connectivity index (χ4v) is 2.96. The summed E-state index contributed by atoms with van der Waals surface area (Å²) in [4.78, 5) is 14.1. The lowest BCUT2D eigenvalue weighted by Gasteiger charge is -2.30. The maximum atomic E-state index is 12.1. The number of amides is 1. The molecular weight excluding hydrogens is 212 g/mol. The summed E-state index contributed by atoms with van der Waals surface area (Å²) in [6, 6.07) is 1.11. The van der Waals surface area contributed by atoms with Gasteiger partial charge in [0.2, 0.25) is 5.91 Å². The van der Waals surface area contributed by atoms with Crippen molar-refractivity contribution in [2.45, 2.75) is 64.5 Å². The van der Waals surface area contributed by atoms with Crippen molar-refractivity contribution < 1.29 is 4.79 Å². The van der Waals surface area contributed by atoms with Gasteiger partial charge in [-0.25, -0.2) is 0 Å². The van der Waals surface area contributed by atoms with Crippen LogP contribution in [0.1, 0.15) is 52.4 Å². The number of hydrogen-bond acceptors (Lipinski definition) is 2. The van der Waals surface area contributed by atoms with E-state index in [4.69, 9.17) is 0 Å². The molecule has 0 spiro atoms. The molecule has 2 saturated carbocycles. The van der Waals surface area contributed by atoms with E-state index in [-0.39, 0.29) is 0 Å². The van der Waals surface area contributed by atoms with Gasteiger partial charge in [0.15, 0.2) is 0 Å². The summed E-state index contributed by atoms with van der Waals surface area (Å²) in [5.41, 5.74) is 0. The van der Waals surface area contributed by atoms with E-state index >= 15 is 0 Å². The average Bonchev–Trinajstić information content (AvgIpc) is 3.13. The van der Waals surface area contributed by atoms with E-state index in [1.807, 2.05) is 4.90 Å². The van der Waals surface area contributed by atoms with Crippen molar-refractivity contribution in [3.63, 3.8) is 0 Å². The standard InChI is InChI=1S/C14H26N2O/c1-3-16(12-8-9-12)14(17)10-15-13-7-5-4-6-11(13)2/h11-13,15H,3-10H2,1-2H3. The quantitative estimate of drug-likeness (QED) is 0.796. The molecule has 0 aromatic heterocycles. The van der Waals surface area contributed by atoms with Crippen LogP contribution < -0.4 is 5.32 Å². The summed E-state index contributed by atoms with van der Waals surface area (Å²) in [5, 5.41) is 3.48. The number of nitrogens with one attached hydrogen (secondary N) is 1. The van der Waals surface area contributed by atoms with Gasteiger partial charge in [0.25, 0.3) is 0 Å². The van der Waals surface area contributed by atoms with Crippen molar-refractivity contribution in [2.75, 3.05) is 13.1 Å². The Labute approximate surface area is 105 Å². The van der Waals surface area contributed by atoms with E-state index in [1.54, 1.807) is 0 Å². The van der Waals surface area contributed by atoms with Crippen molar-refractivity contribution >= 4 is 5.91 Å². The van der Waals surface area contributed by atoms with Gasteiger partial charge in [0, 0.05) is 18.6 Å². The molecule has 2 aliphatic carbocycles. The van der Waals surface area contributed by atoms with Crippen LogP contribution in [-0.4, -0.2) is 36.0 Å². The van der Waals surface area contributed by atoms with Gasteiger partial charge in [-0.05, 0) is 38.5 Å². The molecule has 1 amide bonds. The molecular formula is C14H26N2O. The highest BCUT2D eigenvalue weighted by Crippen LogP contribution is 2.27. The molecule has 0 heterocycles. The van der Waals surface area contributed by atoms with Crippen molar-refractivity contribution in [3.05, 3.63) is 0 Å². The molecule has 2 unspecified atom stereocenters. The third-order valence-corrected chi connectivity index (χ3v) is 4.28. The van der Waals surface area contributed by atoms with Gasteiger partial charge in [-0.15, -0.1) is 0 Å². The summed E-state index contributed by atoms with van der Waals surface area (Å²) in [6.45, 7) is 5.80. The first-order valence-corrected chi connectivity index (χ1v) is 7.25. The molecule has 2 fully saturated rings. The van der Waals surface area contributed by atoms with Gasteiger partial charge in [0.05, 0.1) is 6.54 Å². The fraction of sp³-hybridized carbons (Fsp3) is 0.929. The van der Waals surface area contributed by atoms with E-state index in [0.29, 0.717) is 24.5 Å². The second kappa shape index (κ2) is 5.85. The lowest BCUT2D eigenvalue weighted by atomic mass is 9.86. The summed E-state index contributed by atoms with van der Waals surface area (Å²) >= 11 is 0. The summed E-state index contributed by atoms with van der Waals surface area (Å²) in [7, 11) is 0. The molecule has 17 heavy (non-hydrogen) atoms. The van der Waals surface area contributed by atoms with Crippen LogP contribution in [0.2, 0.25) is 0 Å². The largest absolute Gasteiger partial charge is 0.339 e. The first kappa shape index (κ1) is 12.9. The maximum absolute atomic E-state index is 12.1. The molecule has 0 radical (unpaired) electrons. The Balaban J connectivity index is 1.74. The Morgan fingerprint density at radius 2 is 1.94 bits per heavy atom. The molecule has 98 valence electrons. The van der Waals surface area contributed by atoms with E-state index < -0.39 is 0 Å². The molecule has 3 heteroatoms. The molecule has 2 aliphatic rings. The van der Waals surface area contributed by atoms with E-state index in [9.17, 15) is 4.79 Å². The smallest absolute Gasteiger partial charge is 0.236 e. The van der Waals surface area contributed by atoms with Crippen LogP contribution in [0.3, 0.4) is 0 Å². The predicted octanol–water partition coefficient (Wildman–Crippen LogP) is 2.17. The van der Waals surface area contributed by atoms with Crippen LogP contribution in [-0.2, 0) is 4.79 Å². The minimum Gasteiger partial charge on any atom is -0.339 e. The molecule has 0 aromatic carbocycles. The van der Waals surface area contributed by atoms with Crippen LogP contribution in [0, 0.1) is 5.92 Å². The Morgan fingerprint density at radius 1 is 1.24 bits per heavy atom. The van der Waals surface area contributed by atoms with Crippen molar-refractivity contribution in [3.8, 4) is 0 Å². The van der Waals surface area contributed by atoms with Crippen LogP contribution in [0.25, 0.3) is 0 Å².